The fraction of sp³-hybridized carbons (Fsp3) is 0.947. The molecule has 0 unspecified atom stereocenters. The van der Waals surface area contributed by atoms with Crippen molar-refractivity contribution < 1.29 is 9.53 Å². The molecule has 0 rings (SSSR count). The summed E-state index contributed by atoms with van der Waals surface area (Å²) in [5.41, 5.74) is 0. The summed E-state index contributed by atoms with van der Waals surface area (Å²) in [5, 5.41) is 0. The summed E-state index contributed by atoms with van der Waals surface area (Å²) >= 11 is 0. The molecule has 21 heavy (non-hydrogen) atoms. The van der Waals surface area contributed by atoms with Crippen molar-refractivity contribution in [3.63, 3.8) is 0 Å². The number of esters is 1. The second kappa shape index (κ2) is 15.9. The molecule has 0 aliphatic carbocycles. The van der Waals surface area contributed by atoms with Crippen LogP contribution in [0.3, 0.4) is 0 Å². The first-order valence-corrected chi connectivity index (χ1v) is 9.44. The van der Waals surface area contributed by atoms with Crippen LogP contribution in [-0.2, 0) is 9.53 Å². The fourth-order valence-electron chi connectivity index (χ4n) is 2.62. The zero-order valence-corrected chi connectivity index (χ0v) is 14.8. The molecule has 1 atom stereocenters. The van der Waals surface area contributed by atoms with Gasteiger partial charge < -0.3 is 4.74 Å². The third-order valence-corrected chi connectivity index (χ3v) is 4.12. The van der Waals surface area contributed by atoms with Crippen LogP contribution in [0.2, 0.25) is 0 Å². The standard InChI is InChI=1S/C19H38O2/c1-4-7-9-11-12-13-15-17-19(20)21-18(6-3)16-14-10-8-5-2/h18H,4-17H2,1-3H3/t18-/m0/s1. The predicted molar refractivity (Wildman–Crippen MR) is 91.5 cm³/mol. The fourth-order valence-corrected chi connectivity index (χ4v) is 2.62. The second-order valence-corrected chi connectivity index (χ2v) is 6.24. The van der Waals surface area contributed by atoms with E-state index in [4.69, 9.17) is 4.74 Å². The van der Waals surface area contributed by atoms with Crippen molar-refractivity contribution >= 4 is 5.97 Å². The zero-order valence-electron chi connectivity index (χ0n) is 14.8. The Morgan fingerprint density at radius 3 is 1.86 bits per heavy atom. The van der Waals surface area contributed by atoms with E-state index >= 15 is 0 Å². The van der Waals surface area contributed by atoms with E-state index < -0.39 is 0 Å². The molecular weight excluding hydrogens is 260 g/mol. The third-order valence-electron chi connectivity index (χ3n) is 4.12. The van der Waals surface area contributed by atoms with E-state index in [1.54, 1.807) is 0 Å². The molecule has 2 heteroatoms. The summed E-state index contributed by atoms with van der Waals surface area (Å²) < 4.78 is 5.59. The molecule has 0 aromatic rings. The monoisotopic (exact) mass is 298 g/mol. The largest absolute Gasteiger partial charge is 0.462 e. The molecule has 2 nitrogen and oxygen atoms in total. The average molecular weight is 299 g/mol. The molecule has 0 saturated heterocycles. The van der Waals surface area contributed by atoms with Gasteiger partial charge >= 0.3 is 5.97 Å². The van der Waals surface area contributed by atoms with Gasteiger partial charge in [-0.15, -0.1) is 0 Å². The number of ether oxygens (including phenoxy) is 1. The molecule has 0 spiro atoms. The Hall–Kier alpha value is -0.530. The lowest BCUT2D eigenvalue weighted by Crippen LogP contribution is -2.17. The summed E-state index contributed by atoms with van der Waals surface area (Å²) in [6.07, 6.45) is 16.5. The number of hydrogen-bond acceptors (Lipinski definition) is 2. The van der Waals surface area contributed by atoms with Gasteiger partial charge in [-0.1, -0.05) is 78.6 Å². The number of hydrogen-bond donors (Lipinski definition) is 0. The van der Waals surface area contributed by atoms with E-state index in [1.807, 2.05) is 0 Å². The smallest absolute Gasteiger partial charge is 0.306 e. The Balaban J connectivity index is 3.51. The van der Waals surface area contributed by atoms with E-state index in [0.717, 1.165) is 19.3 Å². The summed E-state index contributed by atoms with van der Waals surface area (Å²) in [6, 6.07) is 0. The van der Waals surface area contributed by atoms with Crippen LogP contribution in [0.1, 0.15) is 111 Å². The average Bonchev–Trinajstić information content (AvgIpc) is 2.49. The Morgan fingerprint density at radius 2 is 1.29 bits per heavy atom. The molecule has 0 fully saturated rings. The highest BCUT2D eigenvalue weighted by molar-refractivity contribution is 5.69. The van der Waals surface area contributed by atoms with E-state index in [-0.39, 0.29) is 12.1 Å². The highest BCUT2D eigenvalue weighted by Gasteiger charge is 2.11. The maximum absolute atomic E-state index is 11.8. The van der Waals surface area contributed by atoms with Gasteiger partial charge in [0.25, 0.3) is 0 Å². The molecule has 0 aliphatic heterocycles. The molecule has 0 radical (unpaired) electrons. The van der Waals surface area contributed by atoms with Gasteiger partial charge in [-0.3, -0.25) is 4.79 Å². The van der Waals surface area contributed by atoms with Crippen molar-refractivity contribution in [2.75, 3.05) is 0 Å². The highest BCUT2D eigenvalue weighted by atomic mass is 16.5. The Kier molecular flexibility index (Phi) is 15.5. The number of carbonyl (C=O) groups excluding carboxylic acids is 1. The molecule has 0 saturated carbocycles. The van der Waals surface area contributed by atoms with Gasteiger partial charge in [0.15, 0.2) is 0 Å². The summed E-state index contributed by atoms with van der Waals surface area (Å²) in [6.45, 7) is 6.58. The van der Waals surface area contributed by atoms with Gasteiger partial charge in [0.2, 0.25) is 0 Å². The van der Waals surface area contributed by atoms with Gasteiger partial charge in [0.1, 0.15) is 6.10 Å². The van der Waals surface area contributed by atoms with E-state index in [0.29, 0.717) is 6.42 Å². The topological polar surface area (TPSA) is 26.3 Å². The highest BCUT2D eigenvalue weighted by Crippen LogP contribution is 2.13. The molecule has 0 aromatic carbocycles. The Bertz CT molecular complexity index is 226. The minimum atomic E-state index is 0.0194. The first-order valence-electron chi connectivity index (χ1n) is 9.44. The van der Waals surface area contributed by atoms with Crippen LogP contribution in [0.25, 0.3) is 0 Å². The summed E-state index contributed by atoms with van der Waals surface area (Å²) in [5.74, 6) is 0.0194. The lowest BCUT2D eigenvalue weighted by atomic mass is 10.1. The van der Waals surface area contributed by atoms with E-state index in [9.17, 15) is 4.79 Å². The molecular formula is C19H38O2. The van der Waals surface area contributed by atoms with Crippen molar-refractivity contribution in [2.45, 2.75) is 117 Å². The first kappa shape index (κ1) is 20.5. The quantitative estimate of drug-likeness (QED) is 0.257. The molecule has 0 N–H and O–H groups in total. The number of carbonyl (C=O) groups is 1. The first-order chi connectivity index (χ1) is 10.2. The molecule has 0 heterocycles. The maximum atomic E-state index is 11.8. The van der Waals surface area contributed by atoms with Crippen molar-refractivity contribution in [3.05, 3.63) is 0 Å². The molecule has 0 amide bonds. The van der Waals surface area contributed by atoms with Crippen molar-refractivity contribution in [1.82, 2.24) is 0 Å². The number of rotatable bonds is 15. The SMILES string of the molecule is CCCCCCCCCC(=O)O[C@@H](CC)CCCCCC. The van der Waals surface area contributed by atoms with E-state index in [1.165, 1.54) is 64.2 Å². The summed E-state index contributed by atoms with van der Waals surface area (Å²) in [7, 11) is 0. The Morgan fingerprint density at radius 1 is 0.762 bits per heavy atom. The van der Waals surface area contributed by atoms with Crippen molar-refractivity contribution in [3.8, 4) is 0 Å². The minimum absolute atomic E-state index is 0.0194. The van der Waals surface area contributed by atoms with Gasteiger partial charge in [0.05, 0.1) is 0 Å². The van der Waals surface area contributed by atoms with Gasteiger partial charge in [-0.25, -0.2) is 0 Å². The van der Waals surface area contributed by atoms with Gasteiger partial charge in [-0.05, 0) is 25.7 Å². The predicted octanol–water partition coefficient (Wildman–Crippen LogP) is 6.42. The molecule has 0 bridgehead atoms. The normalized spacial score (nSPS) is 12.3. The van der Waals surface area contributed by atoms with Crippen LogP contribution < -0.4 is 0 Å². The van der Waals surface area contributed by atoms with Crippen molar-refractivity contribution in [1.29, 1.82) is 0 Å². The summed E-state index contributed by atoms with van der Waals surface area (Å²) in [4.78, 5) is 11.8. The zero-order chi connectivity index (χ0) is 15.8. The van der Waals surface area contributed by atoms with Crippen LogP contribution in [-0.4, -0.2) is 12.1 Å². The lowest BCUT2D eigenvalue weighted by molar-refractivity contribution is -0.149. The van der Waals surface area contributed by atoms with E-state index in [2.05, 4.69) is 20.8 Å². The van der Waals surface area contributed by atoms with Gasteiger partial charge in [-0.2, -0.15) is 0 Å². The van der Waals surface area contributed by atoms with Crippen LogP contribution in [0, 0.1) is 0 Å². The number of unbranched alkanes of at least 4 members (excludes halogenated alkanes) is 9. The Labute approximate surface area is 133 Å². The maximum Gasteiger partial charge on any atom is 0.306 e. The van der Waals surface area contributed by atoms with Crippen molar-refractivity contribution in [2.24, 2.45) is 0 Å². The molecule has 0 aliphatic rings. The molecule has 0 aromatic heterocycles. The lowest BCUT2D eigenvalue weighted by Gasteiger charge is -2.16. The van der Waals surface area contributed by atoms with Gasteiger partial charge in [0, 0.05) is 6.42 Å². The van der Waals surface area contributed by atoms with Crippen LogP contribution in [0.15, 0.2) is 0 Å². The molecule has 126 valence electrons. The second-order valence-electron chi connectivity index (χ2n) is 6.24. The minimum Gasteiger partial charge on any atom is -0.462 e. The van der Waals surface area contributed by atoms with Crippen LogP contribution in [0.4, 0.5) is 0 Å². The third kappa shape index (κ3) is 14.2. The van der Waals surface area contributed by atoms with Crippen LogP contribution >= 0.6 is 0 Å². The van der Waals surface area contributed by atoms with Crippen LogP contribution in [0.5, 0.6) is 0 Å².